The molecule has 0 aliphatic rings. The van der Waals surface area contributed by atoms with Gasteiger partial charge in [0.1, 0.15) is 0 Å². The summed E-state index contributed by atoms with van der Waals surface area (Å²) in [5.74, 6) is -0.428. The second kappa shape index (κ2) is 14.6. The molecule has 10 heteroatoms. The van der Waals surface area contributed by atoms with Gasteiger partial charge in [-0.1, -0.05) is 31.2 Å². The summed E-state index contributed by atoms with van der Waals surface area (Å²) in [6.07, 6.45) is 0.922. The van der Waals surface area contributed by atoms with Crippen molar-refractivity contribution in [2.24, 2.45) is 10.2 Å². The molecule has 0 atom stereocenters. The number of benzene rings is 4. The highest BCUT2D eigenvalue weighted by atomic mass is 16.3. The second-order valence-electron chi connectivity index (χ2n) is 13.4. The zero-order valence-electron chi connectivity index (χ0n) is 28.0. The molecule has 0 aromatic heterocycles. The van der Waals surface area contributed by atoms with Crippen molar-refractivity contribution in [3.05, 3.63) is 118 Å². The largest absolute Gasteiger partial charge is 0.657 e. The summed E-state index contributed by atoms with van der Waals surface area (Å²) in [4.78, 5) is 25.7. The minimum atomic E-state index is -0.272. The number of rotatable bonds is 12. The van der Waals surface area contributed by atoms with Crippen LogP contribution in [0.5, 0.6) is 0 Å². The van der Waals surface area contributed by atoms with E-state index in [2.05, 4.69) is 63.0 Å². The molecule has 0 aliphatic carbocycles. The number of carbonyl (C=O) groups is 2. The molecule has 0 saturated heterocycles. The Morgan fingerprint density at radius 3 is 1.87 bits per heavy atom. The van der Waals surface area contributed by atoms with Crippen LogP contribution in [0, 0.1) is 6.92 Å². The smallest absolute Gasteiger partial charge is 0.392 e. The first kappa shape index (κ1) is 34.2. The normalized spacial score (nSPS) is 11.8. The first-order valence-electron chi connectivity index (χ1n) is 15.4. The SMILES string of the molecule is CCc1ccc(C(=O)Nc2ccc(/N=N/c3cc(CO)c(NC(=O)c4ccc(C[N+](C)(C)B[N+](C)(C)C)cc4)cc3C)cc2)cc1. The number of nitrogens with zero attached hydrogens (tertiary/aromatic N) is 4. The van der Waals surface area contributed by atoms with Gasteiger partial charge < -0.3 is 24.5 Å². The first-order chi connectivity index (χ1) is 21.7. The van der Waals surface area contributed by atoms with Gasteiger partial charge in [-0.2, -0.15) is 10.2 Å². The molecule has 46 heavy (non-hydrogen) atoms. The summed E-state index contributed by atoms with van der Waals surface area (Å²) in [6.45, 7) is 4.54. The Kier molecular flexibility index (Phi) is 10.9. The van der Waals surface area contributed by atoms with E-state index in [-0.39, 0.29) is 18.4 Å². The van der Waals surface area contributed by atoms with Crippen LogP contribution in [0.25, 0.3) is 0 Å². The lowest BCUT2D eigenvalue weighted by molar-refractivity contribution is -0.888. The van der Waals surface area contributed by atoms with Gasteiger partial charge in [0.05, 0.1) is 59.8 Å². The van der Waals surface area contributed by atoms with Gasteiger partial charge in [-0.3, -0.25) is 9.59 Å². The number of azo groups is 1. The van der Waals surface area contributed by atoms with Crippen LogP contribution < -0.4 is 10.6 Å². The molecule has 4 rings (SSSR count). The van der Waals surface area contributed by atoms with Crippen molar-refractivity contribution in [2.75, 3.05) is 45.9 Å². The van der Waals surface area contributed by atoms with Crippen molar-refractivity contribution in [1.82, 2.24) is 0 Å². The number of aryl methyl sites for hydroxylation is 2. The van der Waals surface area contributed by atoms with Crippen molar-refractivity contribution in [1.29, 1.82) is 0 Å². The third-order valence-electron chi connectivity index (χ3n) is 7.50. The molecule has 0 spiro atoms. The fourth-order valence-corrected chi connectivity index (χ4v) is 5.56. The molecule has 0 fully saturated rings. The first-order valence-corrected chi connectivity index (χ1v) is 15.4. The van der Waals surface area contributed by atoms with Gasteiger partial charge in [0, 0.05) is 33.6 Å². The van der Waals surface area contributed by atoms with Gasteiger partial charge in [-0.25, -0.2) is 0 Å². The molecule has 2 amide bonds. The summed E-state index contributed by atoms with van der Waals surface area (Å²) >= 11 is 0. The Bertz CT molecular complexity index is 1690. The van der Waals surface area contributed by atoms with E-state index in [0.717, 1.165) is 40.4 Å². The second-order valence-corrected chi connectivity index (χ2v) is 13.4. The van der Waals surface area contributed by atoms with Crippen molar-refractivity contribution < 1.29 is 23.5 Å². The molecule has 0 heterocycles. The molecule has 3 N–H and O–H groups in total. The zero-order chi connectivity index (χ0) is 33.5. The summed E-state index contributed by atoms with van der Waals surface area (Å²) in [5, 5.41) is 24.7. The van der Waals surface area contributed by atoms with Crippen LogP contribution in [0.1, 0.15) is 49.9 Å². The minimum absolute atomic E-state index is 0.178. The van der Waals surface area contributed by atoms with Crippen LogP contribution >= 0.6 is 0 Å². The molecule has 0 unspecified atom stereocenters. The molecule has 0 radical (unpaired) electrons. The van der Waals surface area contributed by atoms with Crippen molar-refractivity contribution in [2.45, 2.75) is 33.4 Å². The lowest BCUT2D eigenvalue weighted by atomic mass is 9.97. The highest BCUT2D eigenvalue weighted by molar-refractivity contribution is 6.16. The van der Waals surface area contributed by atoms with Crippen LogP contribution in [0.15, 0.2) is 95.2 Å². The minimum Gasteiger partial charge on any atom is -0.392 e. The highest BCUT2D eigenvalue weighted by Crippen LogP contribution is 2.30. The molecular weight excluding hydrogens is 575 g/mol. The molecule has 0 bridgehead atoms. The van der Waals surface area contributed by atoms with E-state index < -0.39 is 0 Å². The van der Waals surface area contributed by atoms with Gasteiger partial charge in [-0.05, 0) is 85.1 Å². The fraction of sp³-hybridized carbons (Fsp3) is 0.278. The number of hydrogen-bond donors (Lipinski definition) is 3. The standard InChI is InChI=1S/C36H43BN6O3/c1-8-26-9-13-28(14-10-26)35(45)38-31-17-19-32(20-18-31)40-41-33-22-30(24-44)34(21-25(33)2)39-36(46)29-15-11-27(12-16-29)23-43(6,7)37-42(3,4)5/h9-22,37,44H,8,23-24H2,1-7H3/p+2. The van der Waals surface area contributed by atoms with Crippen LogP contribution in [0.4, 0.5) is 22.7 Å². The van der Waals surface area contributed by atoms with Gasteiger partial charge in [0.2, 0.25) is 0 Å². The van der Waals surface area contributed by atoms with E-state index >= 15 is 0 Å². The summed E-state index contributed by atoms with van der Waals surface area (Å²) in [5.41, 5.74) is 7.17. The Hall–Kier alpha value is -4.64. The number of amides is 2. The Morgan fingerprint density at radius 2 is 1.33 bits per heavy atom. The van der Waals surface area contributed by atoms with Gasteiger partial charge >= 0.3 is 7.55 Å². The van der Waals surface area contributed by atoms with Gasteiger partial charge in [0.15, 0.2) is 0 Å². The summed E-state index contributed by atoms with van der Waals surface area (Å²) in [7, 11) is 11.9. The number of carbonyl (C=O) groups excluding carboxylic acids is 2. The predicted octanol–water partition coefficient (Wildman–Crippen LogP) is 6.52. The molecule has 4 aromatic carbocycles. The number of hydrogen-bond acceptors (Lipinski definition) is 5. The lowest BCUT2D eigenvalue weighted by Gasteiger charge is -2.34. The highest BCUT2D eigenvalue weighted by Gasteiger charge is 2.31. The van der Waals surface area contributed by atoms with E-state index in [1.165, 1.54) is 5.56 Å². The maximum absolute atomic E-state index is 13.1. The average Bonchev–Trinajstić information content (AvgIpc) is 3.00. The number of quaternary nitrogens is 2. The molecule has 0 aliphatic heterocycles. The maximum Gasteiger partial charge on any atom is 0.657 e. The van der Waals surface area contributed by atoms with E-state index in [1.54, 1.807) is 36.4 Å². The molecule has 4 aromatic rings. The lowest BCUT2D eigenvalue weighted by Crippen LogP contribution is -2.56. The van der Waals surface area contributed by atoms with E-state index in [0.29, 0.717) is 39.4 Å². The van der Waals surface area contributed by atoms with Crippen LogP contribution in [0.2, 0.25) is 0 Å². The maximum atomic E-state index is 13.1. The Labute approximate surface area is 273 Å². The Balaban J connectivity index is 1.39. The molecule has 0 saturated carbocycles. The van der Waals surface area contributed by atoms with E-state index in [9.17, 15) is 14.7 Å². The number of aliphatic hydroxyl groups is 1. The van der Waals surface area contributed by atoms with Crippen LogP contribution in [-0.4, -0.2) is 68.5 Å². The fourth-order valence-electron chi connectivity index (χ4n) is 5.56. The third-order valence-corrected chi connectivity index (χ3v) is 7.50. The van der Waals surface area contributed by atoms with Gasteiger partial charge in [0.25, 0.3) is 11.8 Å². The van der Waals surface area contributed by atoms with Gasteiger partial charge in [-0.15, -0.1) is 0 Å². The monoisotopic (exact) mass is 620 g/mol. The average molecular weight is 621 g/mol. The third kappa shape index (κ3) is 9.68. The van der Waals surface area contributed by atoms with Crippen LogP contribution in [-0.2, 0) is 19.6 Å². The Morgan fingerprint density at radius 1 is 0.761 bits per heavy atom. The van der Waals surface area contributed by atoms with Crippen molar-refractivity contribution in [3.8, 4) is 0 Å². The predicted molar refractivity (Wildman–Crippen MR) is 187 cm³/mol. The summed E-state index contributed by atoms with van der Waals surface area (Å²) < 4.78 is 1.69. The van der Waals surface area contributed by atoms with E-state index in [1.807, 2.05) is 55.5 Å². The number of nitrogens with one attached hydrogen (secondary N) is 2. The quantitative estimate of drug-likeness (QED) is 0.124. The van der Waals surface area contributed by atoms with Crippen molar-refractivity contribution >= 4 is 42.1 Å². The molecule has 238 valence electrons. The topological polar surface area (TPSA) is 103 Å². The zero-order valence-corrected chi connectivity index (χ0v) is 28.0. The number of anilines is 2. The van der Waals surface area contributed by atoms with Crippen LogP contribution in [0.3, 0.4) is 0 Å². The van der Waals surface area contributed by atoms with Crippen molar-refractivity contribution in [3.63, 3.8) is 0 Å². The molecular formula is C36H45BN6O3+2. The summed E-state index contributed by atoms with van der Waals surface area (Å²) in [6, 6.07) is 25.8. The number of aliphatic hydroxyl groups excluding tert-OH is 1. The molecule has 9 nitrogen and oxygen atoms in total. The van der Waals surface area contributed by atoms with E-state index in [4.69, 9.17) is 0 Å².